The lowest BCUT2D eigenvalue weighted by molar-refractivity contribution is -0.150. The van der Waals surface area contributed by atoms with E-state index in [-0.39, 0.29) is 0 Å². The highest BCUT2D eigenvalue weighted by atomic mass is 35.5. The Bertz CT molecular complexity index is 392. The summed E-state index contributed by atoms with van der Waals surface area (Å²) >= 11 is 5.64. The van der Waals surface area contributed by atoms with Crippen molar-refractivity contribution >= 4 is 29.3 Å². The van der Waals surface area contributed by atoms with Gasteiger partial charge in [-0.1, -0.05) is 11.6 Å². The first-order chi connectivity index (χ1) is 7.49. The van der Waals surface area contributed by atoms with Crippen molar-refractivity contribution in [3.05, 3.63) is 23.4 Å². The quantitative estimate of drug-likeness (QED) is 0.818. The number of nitrogens with one attached hydrogen (secondary N) is 1. The van der Waals surface area contributed by atoms with E-state index >= 15 is 0 Å². The van der Waals surface area contributed by atoms with E-state index < -0.39 is 18.0 Å². The summed E-state index contributed by atoms with van der Waals surface area (Å²) in [5.41, 5.74) is 0. The fourth-order valence-corrected chi connectivity index (χ4v) is 1.09. The van der Waals surface area contributed by atoms with E-state index in [2.05, 4.69) is 10.3 Å². The number of esters is 1. The molecule has 1 atom stereocenters. The molecule has 16 heavy (non-hydrogen) atoms. The molecule has 6 heteroatoms. The highest BCUT2D eigenvalue weighted by molar-refractivity contribution is 6.30. The third-order valence-electron chi connectivity index (χ3n) is 1.69. The summed E-state index contributed by atoms with van der Waals surface area (Å²) in [7, 11) is 0. The molecule has 0 aromatic carbocycles. The second-order valence-corrected chi connectivity index (χ2v) is 3.54. The number of hydrogen-bond donors (Lipinski definition) is 1. The predicted molar refractivity (Wildman–Crippen MR) is 59.1 cm³/mol. The van der Waals surface area contributed by atoms with Crippen LogP contribution in [0.2, 0.25) is 5.02 Å². The fourth-order valence-electron chi connectivity index (χ4n) is 0.980. The van der Waals surface area contributed by atoms with E-state index in [0.29, 0.717) is 10.8 Å². The minimum absolute atomic E-state index is 0.355. The summed E-state index contributed by atoms with van der Waals surface area (Å²) in [6, 6.07) is 3.15. The van der Waals surface area contributed by atoms with Gasteiger partial charge in [-0.2, -0.15) is 0 Å². The Morgan fingerprint density at radius 3 is 2.69 bits per heavy atom. The monoisotopic (exact) mass is 242 g/mol. The molecular weight excluding hydrogens is 232 g/mol. The summed E-state index contributed by atoms with van der Waals surface area (Å²) in [6.07, 6.45) is 0.559. The Morgan fingerprint density at radius 2 is 2.19 bits per heavy atom. The predicted octanol–water partition coefficient (Wildman–Crippen LogP) is 1.63. The van der Waals surface area contributed by atoms with Gasteiger partial charge in [0.1, 0.15) is 5.82 Å². The Morgan fingerprint density at radius 1 is 1.50 bits per heavy atom. The van der Waals surface area contributed by atoms with Crippen LogP contribution in [0, 0.1) is 0 Å². The molecule has 0 aliphatic heterocycles. The van der Waals surface area contributed by atoms with Crippen LogP contribution >= 0.6 is 11.6 Å². The number of rotatable bonds is 3. The average molecular weight is 243 g/mol. The summed E-state index contributed by atoms with van der Waals surface area (Å²) < 4.78 is 4.70. The van der Waals surface area contributed by atoms with Crippen LogP contribution < -0.4 is 5.32 Å². The van der Waals surface area contributed by atoms with Gasteiger partial charge in [-0.25, -0.2) is 4.98 Å². The lowest BCUT2D eigenvalue weighted by atomic mass is 10.3. The topological polar surface area (TPSA) is 68.3 Å². The van der Waals surface area contributed by atoms with Crippen molar-refractivity contribution in [2.75, 3.05) is 5.32 Å². The van der Waals surface area contributed by atoms with Crippen LogP contribution in [0.15, 0.2) is 18.3 Å². The molecule has 0 bridgehead atoms. The number of halogens is 1. The molecule has 0 spiro atoms. The molecule has 0 saturated heterocycles. The highest BCUT2D eigenvalue weighted by Crippen LogP contribution is 2.10. The van der Waals surface area contributed by atoms with Gasteiger partial charge in [-0.15, -0.1) is 0 Å². The lowest BCUT2D eigenvalue weighted by Crippen LogP contribution is -2.29. The van der Waals surface area contributed by atoms with Crippen LogP contribution in [0.25, 0.3) is 0 Å². The molecule has 1 amide bonds. The number of pyridine rings is 1. The van der Waals surface area contributed by atoms with Gasteiger partial charge in [0, 0.05) is 13.1 Å². The number of hydrogen-bond acceptors (Lipinski definition) is 4. The number of amides is 1. The van der Waals surface area contributed by atoms with Crippen LogP contribution in [-0.2, 0) is 14.3 Å². The molecule has 1 aromatic heterocycles. The first-order valence-electron chi connectivity index (χ1n) is 4.58. The van der Waals surface area contributed by atoms with Gasteiger partial charge in [0.2, 0.25) is 0 Å². The molecule has 1 heterocycles. The van der Waals surface area contributed by atoms with Gasteiger partial charge >= 0.3 is 5.97 Å². The number of carbonyl (C=O) groups excluding carboxylic acids is 2. The maximum atomic E-state index is 11.5. The van der Waals surface area contributed by atoms with Crippen molar-refractivity contribution < 1.29 is 14.3 Å². The van der Waals surface area contributed by atoms with Gasteiger partial charge in [-0.05, 0) is 19.1 Å². The van der Waals surface area contributed by atoms with Crippen LogP contribution in [0.1, 0.15) is 13.8 Å². The SMILES string of the molecule is CC(=O)O[C@H](C)C(=O)Nc1ccc(Cl)cn1. The summed E-state index contributed by atoms with van der Waals surface area (Å²) in [5, 5.41) is 2.97. The first-order valence-corrected chi connectivity index (χ1v) is 4.96. The standard InChI is InChI=1S/C10H11ClN2O3/c1-6(16-7(2)14)10(15)13-9-4-3-8(11)5-12-9/h3-6H,1-2H3,(H,12,13,15)/t6-/m1/s1. The number of nitrogens with zero attached hydrogens (tertiary/aromatic N) is 1. The molecule has 86 valence electrons. The van der Waals surface area contributed by atoms with Gasteiger partial charge in [0.05, 0.1) is 5.02 Å². The molecule has 0 unspecified atom stereocenters. The number of anilines is 1. The van der Waals surface area contributed by atoms with Crippen molar-refractivity contribution in [1.29, 1.82) is 0 Å². The van der Waals surface area contributed by atoms with Gasteiger partial charge in [-0.3, -0.25) is 9.59 Å². The molecule has 0 fully saturated rings. The zero-order valence-corrected chi connectivity index (χ0v) is 9.62. The third-order valence-corrected chi connectivity index (χ3v) is 1.91. The largest absolute Gasteiger partial charge is 0.453 e. The van der Waals surface area contributed by atoms with Crippen LogP contribution in [0.3, 0.4) is 0 Å². The van der Waals surface area contributed by atoms with Crippen molar-refractivity contribution in [2.45, 2.75) is 20.0 Å². The second-order valence-electron chi connectivity index (χ2n) is 3.10. The van der Waals surface area contributed by atoms with Crippen LogP contribution in [0.5, 0.6) is 0 Å². The number of carbonyl (C=O) groups is 2. The molecule has 0 radical (unpaired) electrons. The van der Waals surface area contributed by atoms with Crippen molar-refractivity contribution in [3.8, 4) is 0 Å². The fraction of sp³-hybridized carbons (Fsp3) is 0.300. The zero-order valence-electron chi connectivity index (χ0n) is 8.86. The Kier molecular flexibility index (Phi) is 4.25. The summed E-state index contributed by atoms with van der Waals surface area (Å²) in [5.74, 6) is -0.592. The molecule has 0 aliphatic carbocycles. The molecule has 0 aliphatic rings. The zero-order chi connectivity index (χ0) is 12.1. The molecule has 1 N–H and O–H groups in total. The maximum absolute atomic E-state index is 11.5. The number of aromatic nitrogens is 1. The molecule has 1 rings (SSSR count). The van der Waals surface area contributed by atoms with E-state index in [1.807, 2.05) is 0 Å². The Balaban J connectivity index is 2.57. The van der Waals surface area contributed by atoms with E-state index in [9.17, 15) is 9.59 Å². The first kappa shape index (κ1) is 12.4. The molecule has 1 aromatic rings. The van der Waals surface area contributed by atoms with Crippen molar-refractivity contribution in [2.24, 2.45) is 0 Å². The van der Waals surface area contributed by atoms with Crippen LogP contribution in [0.4, 0.5) is 5.82 Å². The van der Waals surface area contributed by atoms with E-state index in [1.54, 1.807) is 12.1 Å². The van der Waals surface area contributed by atoms with E-state index in [0.717, 1.165) is 0 Å². The third kappa shape index (κ3) is 3.86. The second kappa shape index (κ2) is 5.46. The van der Waals surface area contributed by atoms with Crippen LogP contribution in [-0.4, -0.2) is 23.0 Å². The lowest BCUT2D eigenvalue weighted by Gasteiger charge is -2.11. The summed E-state index contributed by atoms with van der Waals surface area (Å²) in [6.45, 7) is 2.72. The van der Waals surface area contributed by atoms with E-state index in [1.165, 1.54) is 20.0 Å². The minimum atomic E-state index is -0.852. The van der Waals surface area contributed by atoms with Gasteiger partial charge in [0.15, 0.2) is 6.10 Å². The van der Waals surface area contributed by atoms with E-state index in [4.69, 9.17) is 16.3 Å². The molecular formula is C10H11ClN2O3. The number of ether oxygens (including phenoxy) is 1. The van der Waals surface area contributed by atoms with Gasteiger partial charge in [0.25, 0.3) is 5.91 Å². The Hall–Kier alpha value is -1.62. The van der Waals surface area contributed by atoms with Gasteiger partial charge < -0.3 is 10.1 Å². The smallest absolute Gasteiger partial charge is 0.303 e. The highest BCUT2D eigenvalue weighted by Gasteiger charge is 2.15. The Labute approximate surface area is 97.8 Å². The maximum Gasteiger partial charge on any atom is 0.303 e. The van der Waals surface area contributed by atoms with Crippen molar-refractivity contribution in [1.82, 2.24) is 4.98 Å². The minimum Gasteiger partial charge on any atom is -0.453 e. The summed E-state index contributed by atoms with van der Waals surface area (Å²) in [4.78, 5) is 26.0. The average Bonchev–Trinajstić information content (AvgIpc) is 2.20. The molecule has 5 nitrogen and oxygen atoms in total. The van der Waals surface area contributed by atoms with Crippen molar-refractivity contribution in [3.63, 3.8) is 0 Å². The molecule has 0 saturated carbocycles. The normalized spacial score (nSPS) is 11.7.